The first-order valence-electron chi connectivity index (χ1n) is 6.59. The molecule has 0 bridgehead atoms. The zero-order valence-electron chi connectivity index (χ0n) is 11.6. The molecule has 0 aliphatic rings. The lowest BCUT2D eigenvalue weighted by Crippen LogP contribution is -2.19. The second-order valence-electron chi connectivity index (χ2n) is 4.91. The van der Waals surface area contributed by atoms with Crippen LogP contribution in [-0.4, -0.2) is 16.5 Å². The molecule has 0 amide bonds. The molecule has 0 aliphatic heterocycles. The minimum atomic E-state index is 0.446. The van der Waals surface area contributed by atoms with E-state index < -0.39 is 0 Å². The molecule has 0 unspecified atom stereocenters. The molecule has 1 N–H and O–H groups in total. The van der Waals surface area contributed by atoms with Gasteiger partial charge >= 0.3 is 0 Å². The van der Waals surface area contributed by atoms with Gasteiger partial charge in [-0.1, -0.05) is 37.6 Å². The Hall–Kier alpha value is -1.65. The van der Waals surface area contributed by atoms with E-state index in [9.17, 15) is 0 Å². The molecule has 2 aromatic rings. The lowest BCUT2D eigenvalue weighted by atomic mass is 10.2. The van der Waals surface area contributed by atoms with Crippen molar-refractivity contribution in [3.05, 3.63) is 47.4 Å². The molecule has 1 heterocycles. The number of nitrogens with one attached hydrogen (secondary N) is 1. The van der Waals surface area contributed by atoms with E-state index >= 15 is 0 Å². The van der Waals surface area contributed by atoms with Gasteiger partial charge in [-0.2, -0.15) is 0 Å². The van der Waals surface area contributed by atoms with Crippen molar-refractivity contribution in [3.8, 4) is 11.6 Å². The smallest absolute Gasteiger partial charge is 0.238 e. The molecule has 20 heavy (non-hydrogen) atoms. The second-order valence-corrected chi connectivity index (χ2v) is 5.31. The van der Waals surface area contributed by atoms with E-state index in [2.05, 4.69) is 29.1 Å². The summed E-state index contributed by atoms with van der Waals surface area (Å²) < 4.78 is 5.64. The molecule has 1 aromatic carbocycles. The standard InChI is InChI=1S/C15H18ClN3O/c1-11(2)7-17-8-12-9-18-10-15(19-12)20-14-6-4-3-5-13(14)16/h3-6,9-11,17H,7-8H2,1-2H3. The van der Waals surface area contributed by atoms with Crippen molar-refractivity contribution in [2.24, 2.45) is 5.92 Å². The van der Waals surface area contributed by atoms with Gasteiger partial charge in [0, 0.05) is 12.7 Å². The number of hydrogen-bond donors (Lipinski definition) is 1. The maximum Gasteiger partial charge on any atom is 0.238 e. The van der Waals surface area contributed by atoms with E-state index in [0.717, 1.165) is 12.2 Å². The minimum absolute atomic E-state index is 0.446. The van der Waals surface area contributed by atoms with Gasteiger partial charge in [0.2, 0.25) is 5.88 Å². The maximum absolute atomic E-state index is 6.05. The summed E-state index contributed by atoms with van der Waals surface area (Å²) in [5.74, 6) is 1.63. The third-order valence-electron chi connectivity index (χ3n) is 2.57. The molecule has 0 radical (unpaired) electrons. The van der Waals surface area contributed by atoms with Crippen molar-refractivity contribution >= 4 is 11.6 Å². The van der Waals surface area contributed by atoms with Crippen LogP contribution in [0.15, 0.2) is 36.7 Å². The Balaban J connectivity index is 2.01. The Morgan fingerprint density at radius 2 is 2.05 bits per heavy atom. The van der Waals surface area contributed by atoms with E-state index in [0.29, 0.717) is 29.1 Å². The largest absolute Gasteiger partial charge is 0.436 e. The van der Waals surface area contributed by atoms with E-state index in [4.69, 9.17) is 16.3 Å². The third kappa shape index (κ3) is 4.47. The quantitative estimate of drug-likeness (QED) is 0.882. The zero-order valence-corrected chi connectivity index (χ0v) is 12.4. The van der Waals surface area contributed by atoms with Crippen LogP contribution in [0, 0.1) is 5.92 Å². The Morgan fingerprint density at radius 3 is 2.80 bits per heavy atom. The van der Waals surface area contributed by atoms with Gasteiger partial charge < -0.3 is 10.1 Å². The first-order valence-corrected chi connectivity index (χ1v) is 6.97. The summed E-state index contributed by atoms with van der Waals surface area (Å²) in [7, 11) is 0. The van der Waals surface area contributed by atoms with Gasteiger partial charge in [0.1, 0.15) is 5.75 Å². The summed E-state index contributed by atoms with van der Waals surface area (Å²) in [6.45, 7) is 5.94. The number of ether oxygens (including phenoxy) is 1. The first-order chi connectivity index (χ1) is 9.65. The molecular formula is C15H18ClN3O. The second kappa shape index (κ2) is 7.22. The number of halogens is 1. The Morgan fingerprint density at radius 1 is 1.25 bits per heavy atom. The molecule has 0 fully saturated rings. The normalized spacial score (nSPS) is 10.8. The number of para-hydroxylation sites is 1. The Kier molecular flexibility index (Phi) is 5.32. The van der Waals surface area contributed by atoms with Crippen molar-refractivity contribution in [2.45, 2.75) is 20.4 Å². The highest BCUT2D eigenvalue weighted by Crippen LogP contribution is 2.27. The maximum atomic E-state index is 6.05. The van der Waals surface area contributed by atoms with Crippen LogP contribution in [0.25, 0.3) is 0 Å². The van der Waals surface area contributed by atoms with E-state index in [1.54, 1.807) is 24.5 Å². The summed E-state index contributed by atoms with van der Waals surface area (Å²) in [4.78, 5) is 8.54. The van der Waals surface area contributed by atoms with Gasteiger partial charge in [0.15, 0.2) is 0 Å². The van der Waals surface area contributed by atoms with Crippen LogP contribution in [-0.2, 0) is 6.54 Å². The van der Waals surface area contributed by atoms with Crippen LogP contribution >= 0.6 is 11.6 Å². The number of hydrogen-bond acceptors (Lipinski definition) is 4. The highest BCUT2D eigenvalue weighted by atomic mass is 35.5. The fourth-order valence-electron chi connectivity index (χ4n) is 1.65. The van der Waals surface area contributed by atoms with Gasteiger partial charge in [-0.3, -0.25) is 4.98 Å². The predicted octanol–water partition coefficient (Wildman–Crippen LogP) is 3.67. The first kappa shape index (κ1) is 14.8. The molecule has 0 saturated carbocycles. The molecule has 0 saturated heterocycles. The summed E-state index contributed by atoms with van der Waals surface area (Å²) in [6, 6.07) is 7.29. The third-order valence-corrected chi connectivity index (χ3v) is 2.88. The highest BCUT2D eigenvalue weighted by molar-refractivity contribution is 6.32. The highest BCUT2D eigenvalue weighted by Gasteiger charge is 2.05. The van der Waals surface area contributed by atoms with Crippen LogP contribution in [0.3, 0.4) is 0 Å². The van der Waals surface area contributed by atoms with E-state index in [-0.39, 0.29) is 0 Å². The van der Waals surface area contributed by atoms with Crippen molar-refractivity contribution in [1.29, 1.82) is 0 Å². The summed E-state index contributed by atoms with van der Waals surface area (Å²) in [6.07, 6.45) is 3.31. The Labute approximate surface area is 124 Å². The molecule has 4 nitrogen and oxygen atoms in total. The van der Waals surface area contributed by atoms with Gasteiger partial charge in [0.05, 0.1) is 16.9 Å². The van der Waals surface area contributed by atoms with Crippen LogP contribution in [0.2, 0.25) is 5.02 Å². The van der Waals surface area contributed by atoms with Gasteiger partial charge in [-0.05, 0) is 24.6 Å². The van der Waals surface area contributed by atoms with E-state index in [1.807, 2.05) is 12.1 Å². The topological polar surface area (TPSA) is 47.0 Å². The molecule has 106 valence electrons. The van der Waals surface area contributed by atoms with Crippen molar-refractivity contribution in [1.82, 2.24) is 15.3 Å². The van der Waals surface area contributed by atoms with Crippen molar-refractivity contribution < 1.29 is 4.74 Å². The lowest BCUT2D eigenvalue weighted by Gasteiger charge is -2.09. The summed E-state index contributed by atoms with van der Waals surface area (Å²) >= 11 is 6.05. The van der Waals surface area contributed by atoms with Crippen LogP contribution in [0.1, 0.15) is 19.5 Å². The molecule has 2 rings (SSSR count). The predicted molar refractivity (Wildman–Crippen MR) is 80.1 cm³/mol. The molecule has 5 heteroatoms. The van der Waals surface area contributed by atoms with E-state index in [1.165, 1.54) is 0 Å². The van der Waals surface area contributed by atoms with Crippen molar-refractivity contribution in [2.75, 3.05) is 6.54 Å². The monoisotopic (exact) mass is 291 g/mol. The van der Waals surface area contributed by atoms with Crippen LogP contribution in [0.4, 0.5) is 0 Å². The molecule has 0 aliphatic carbocycles. The van der Waals surface area contributed by atoms with Crippen molar-refractivity contribution in [3.63, 3.8) is 0 Å². The van der Waals surface area contributed by atoms with Gasteiger partial charge in [-0.15, -0.1) is 0 Å². The minimum Gasteiger partial charge on any atom is -0.436 e. The summed E-state index contributed by atoms with van der Waals surface area (Å²) in [5, 5.41) is 3.87. The molecular weight excluding hydrogens is 274 g/mol. The zero-order chi connectivity index (χ0) is 14.4. The SMILES string of the molecule is CC(C)CNCc1cncc(Oc2ccccc2Cl)n1. The average Bonchev–Trinajstić information content (AvgIpc) is 2.41. The fourth-order valence-corrected chi connectivity index (χ4v) is 1.82. The lowest BCUT2D eigenvalue weighted by molar-refractivity contribution is 0.455. The fraction of sp³-hybridized carbons (Fsp3) is 0.333. The number of benzene rings is 1. The molecule has 0 atom stereocenters. The van der Waals surface area contributed by atoms with Gasteiger partial charge in [0.25, 0.3) is 0 Å². The average molecular weight is 292 g/mol. The molecule has 0 spiro atoms. The number of nitrogens with zero attached hydrogens (tertiary/aromatic N) is 2. The van der Waals surface area contributed by atoms with Gasteiger partial charge in [-0.25, -0.2) is 4.98 Å². The number of aromatic nitrogens is 2. The molecule has 1 aromatic heterocycles. The Bertz CT molecular complexity index is 560. The summed E-state index contributed by atoms with van der Waals surface area (Å²) in [5.41, 5.74) is 0.843. The van der Waals surface area contributed by atoms with Crippen LogP contribution < -0.4 is 10.1 Å². The van der Waals surface area contributed by atoms with Crippen LogP contribution in [0.5, 0.6) is 11.6 Å². The number of rotatable bonds is 6.